The van der Waals surface area contributed by atoms with Gasteiger partial charge >= 0.3 is 11.9 Å². The summed E-state index contributed by atoms with van der Waals surface area (Å²) < 4.78 is 9.93. The van der Waals surface area contributed by atoms with Crippen LogP contribution in [0.15, 0.2) is 67.3 Å². The van der Waals surface area contributed by atoms with Crippen molar-refractivity contribution in [3.63, 3.8) is 0 Å². The largest absolute Gasteiger partial charge is 0.460 e. The fourth-order valence-electron chi connectivity index (χ4n) is 1.45. The highest BCUT2D eigenvalue weighted by molar-refractivity contribution is 5.91. The Morgan fingerprint density at radius 2 is 1.71 bits per heavy atom. The number of ether oxygens (including phenoxy) is 2. The molecule has 0 aliphatic carbocycles. The molecule has 1 aromatic rings. The normalized spacial score (nSPS) is 10.6. The van der Waals surface area contributed by atoms with Gasteiger partial charge in [0.25, 0.3) is 0 Å². The number of allylic oxidation sites excluding steroid dienone is 2. The number of hydrogen-bond donors (Lipinski definition) is 0. The smallest absolute Gasteiger partial charge is 0.317 e. The first-order valence-corrected chi connectivity index (χ1v) is 6.45. The van der Waals surface area contributed by atoms with E-state index in [1.54, 1.807) is 18.2 Å². The van der Waals surface area contributed by atoms with Crippen LogP contribution in [0.1, 0.15) is 12.0 Å². The van der Waals surface area contributed by atoms with E-state index in [4.69, 9.17) is 9.47 Å². The predicted octanol–water partition coefficient (Wildman–Crippen LogP) is 2.96. The second-order valence-electron chi connectivity index (χ2n) is 4.17. The van der Waals surface area contributed by atoms with E-state index in [9.17, 15) is 9.59 Å². The molecular weight excluding hydrogens is 268 g/mol. The highest BCUT2D eigenvalue weighted by Gasteiger charge is 2.12. The summed E-state index contributed by atoms with van der Waals surface area (Å²) in [4.78, 5) is 23.0. The lowest BCUT2D eigenvalue weighted by Crippen LogP contribution is -2.14. The number of esters is 2. The standard InChI is InChI=1S/C17H18O4/c1-3-8-14(4-2)12-20-16(18)11-17(19)21-13-15-9-6-5-7-10-15/h3-10H,1-2,11-13H2/b14-8+. The summed E-state index contributed by atoms with van der Waals surface area (Å²) in [5.74, 6) is -1.25. The van der Waals surface area contributed by atoms with E-state index < -0.39 is 18.4 Å². The number of carbonyl (C=O) groups excluding carboxylic acids is 2. The molecule has 0 bridgehead atoms. The first kappa shape index (κ1) is 16.4. The monoisotopic (exact) mass is 286 g/mol. The van der Waals surface area contributed by atoms with E-state index in [-0.39, 0.29) is 13.2 Å². The van der Waals surface area contributed by atoms with Gasteiger partial charge in [-0.2, -0.15) is 0 Å². The van der Waals surface area contributed by atoms with Gasteiger partial charge in [0, 0.05) is 0 Å². The minimum absolute atomic E-state index is 0.0559. The van der Waals surface area contributed by atoms with Gasteiger partial charge in [0.2, 0.25) is 0 Å². The van der Waals surface area contributed by atoms with Crippen molar-refractivity contribution in [2.45, 2.75) is 13.0 Å². The number of carbonyl (C=O) groups is 2. The summed E-state index contributed by atoms with van der Waals surface area (Å²) >= 11 is 0. The van der Waals surface area contributed by atoms with Crippen LogP contribution in [0.5, 0.6) is 0 Å². The molecule has 0 unspecified atom stereocenters. The van der Waals surface area contributed by atoms with E-state index in [0.717, 1.165) is 5.56 Å². The van der Waals surface area contributed by atoms with Crippen LogP contribution in [0.25, 0.3) is 0 Å². The lowest BCUT2D eigenvalue weighted by molar-refractivity contribution is -0.154. The van der Waals surface area contributed by atoms with Gasteiger partial charge in [-0.15, -0.1) is 0 Å². The molecule has 0 spiro atoms. The third-order valence-electron chi connectivity index (χ3n) is 2.53. The highest BCUT2D eigenvalue weighted by Crippen LogP contribution is 2.03. The van der Waals surface area contributed by atoms with Crippen LogP contribution < -0.4 is 0 Å². The molecule has 0 aliphatic heterocycles. The molecular formula is C17H18O4. The predicted molar refractivity (Wildman–Crippen MR) is 80.3 cm³/mol. The summed E-state index contributed by atoms with van der Waals surface area (Å²) in [7, 11) is 0. The van der Waals surface area contributed by atoms with Gasteiger partial charge in [-0.25, -0.2) is 0 Å². The van der Waals surface area contributed by atoms with Gasteiger partial charge < -0.3 is 9.47 Å². The van der Waals surface area contributed by atoms with Crippen LogP contribution in [-0.4, -0.2) is 18.5 Å². The molecule has 0 fully saturated rings. The molecule has 110 valence electrons. The van der Waals surface area contributed by atoms with E-state index in [0.29, 0.717) is 5.57 Å². The van der Waals surface area contributed by atoms with Gasteiger partial charge in [0.05, 0.1) is 0 Å². The average molecular weight is 286 g/mol. The van der Waals surface area contributed by atoms with Crippen molar-refractivity contribution in [3.05, 3.63) is 72.9 Å². The zero-order chi connectivity index (χ0) is 15.5. The molecule has 0 heterocycles. The fourth-order valence-corrected chi connectivity index (χ4v) is 1.45. The molecule has 21 heavy (non-hydrogen) atoms. The van der Waals surface area contributed by atoms with Crippen molar-refractivity contribution >= 4 is 11.9 Å². The minimum atomic E-state index is -0.634. The molecule has 0 N–H and O–H groups in total. The first-order valence-electron chi connectivity index (χ1n) is 6.45. The highest BCUT2D eigenvalue weighted by atomic mass is 16.6. The van der Waals surface area contributed by atoms with Crippen molar-refractivity contribution < 1.29 is 19.1 Å². The van der Waals surface area contributed by atoms with Gasteiger partial charge in [-0.1, -0.05) is 61.7 Å². The molecule has 0 saturated heterocycles. The summed E-state index contributed by atoms with van der Waals surface area (Å²) in [5, 5.41) is 0. The minimum Gasteiger partial charge on any atom is -0.460 e. The second-order valence-corrected chi connectivity index (χ2v) is 4.17. The van der Waals surface area contributed by atoms with Gasteiger partial charge in [-0.05, 0) is 11.1 Å². The third kappa shape index (κ3) is 6.92. The number of rotatable bonds is 8. The maximum atomic E-state index is 11.5. The average Bonchev–Trinajstić information content (AvgIpc) is 2.50. The number of hydrogen-bond acceptors (Lipinski definition) is 4. The molecule has 0 saturated carbocycles. The van der Waals surface area contributed by atoms with E-state index in [1.165, 1.54) is 0 Å². The lowest BCUT2D eigenvalue weighted by atomic mass is 10.2. The van der Waals surface area contributed by atoms with E-state index in [1.807, 2.05) is 30.3 Å². The maximum absolute atomic E-state index is 11.5. The van der Waals surface area contributed by atoms with E-state index in [2.05, 4.69) is 13.2 Å². The Morgan fingerprint density at radius 3 is 2.33 bits per heavy atom. The van der Waals surface area contributed by atoms with Gasteiger partial charge in [0.15, 0.2) is 0 Å². The molecule has 0 aliphatic rings. The summed E-state index contributed by atoms with van der Waals surface area (Å²) in [6, 6.07) is 9.24. The lowest BCUT2D eigenvalue weighted by Gasteiger charge is -2.06. The van der Waals surface area contributed by atoms with Crippen LogP contribution in [0.4, 0.5) is 0 Å². The Morgan fingerprint density at radius 1 is 1.05 bits per heavy atom. The third-order valence-corrected chi connectivity index (χ3v) is 2.53. The zero-order valence-corrected chi connectivity index (χ0v) is 11.8. The summed E-state index contributed by atoms with van der Waals surface area (Å²) in [6.07, 6.45) is 4.39. The Bertz CT molecular complexity index is 529. The molecule has 1 rings (SSSR count). The van der Waals surface area contributed by atoms with Crippen LogP contribution in [0.3, 0.4) is 0 Å². The SMILES string of the molecule is C=C/C=C(\C=C)COC(=O)CC(=O)OCc1ccccc1. The molecule has 4 nitrogen and oxygen atoms in total. The topological polar surface area (TPSA) is 52.6 Å². The van der Waals surface area contributed by atoms with Crippen LogP contribution in [0, 0.1) is 0 Å². The quantitative estimate of drug-likeness (QED) is 0.419. The van der Waals surface area contributed by atoms with Crippen molar-refractivity contribution in [2.75, 3.05) is 6.61 Å². The Balaban J connectivity index is 2.31. The Hall–Kier alpha value is -2.62. The van der Waals surface area contributed by atoms with Crippen molar-refractivity contribution in [1.29, 1.82) is 0 Å². The molecule has 0 aromatic heterocycles. The van der Waals surface area contributed by atoms with E-state index >= 15 is 0 Å². The van der Waals surface area contributed by atoms with Gasteiger partial charge in [0.1, 0.15) is 19.6 Å². The molecule has 0 atom stereocenters. The zero-order valence-electron chi connectivity index (χ0n) is 11.8. The van der Waals surface area contributed by atoms with Crippen molar-refractivity contribution in [2.24, 2.45) is 0 Å². The molecule has 4 heteroatoms. The fraction of sp³-hybridized carbons (Fsp3) is 0.176. The van der Waals surface area contributed by atoms with Crippen LogP contribution in [-0.2, 0) is 25.7 Å². The first-order chi connectivity index (χ1) is 10.2. The van der Waals surface area contributed by atoms with Crippen LogP contribution >= 0.6 is 0 Å². The Labute approximate surface area is 124 Å². The summed E-state index contributed by atoms with van der Waals surface area (Å²) in [5.41, 5.74) is 1.57. The van der Waals surface area contributed by atoms with Crippen LogP contribution in [0.2, 0.25) is 0 Å². The summed E-state index contributed by atoms with van der Waals surface area (Å²) in [6.45, 7) is 7.32. The molecule has 0 amide bonds. The molecule has 0 radical (unpaired) electrons. The van der Waals surface area contributed by atoms with Crippen molar-refractivity contribution in [1.82, 2.24) is 0 Å². The molecule has 1 aromatic carbocycles. The van der Waals surface area contributed by atoms with Gasteiger partial charge in [-0.3, -0.25) is 9.59 Å². The Kier molecular flexibility index (Phi) is 7.29. The van der Waals surface area contributed by atoms with Crippen molar-refractivity contribution in [3.8, 4) is 0 Å². The number of benzene rings is 1. The maximum Gasteiger partial charge on any atom is 0.317 e. The second kappa shape index (κ2) is 9.31.